The fourth-order valence-electron chi connectivity index (χ4n) is 3.72. The number of halogens is 2. The Hall–Kier alpha value is -3.28. The van der Waals surface area contributed by atoms with Gasteiger partial charge in [-0.2, -0.15) is 0 Å². The molecule has 1 N–H and O–H groups in total. The van der Waals surface area contributed by atoms with E-state index in [1.807, 2.05) is 62.4 Å². The third-order valence-electron chi connectivity index (χ3n) is 5.42. The summed E-state index contributed by atoms with van der Waals surface area (Å²) in [6.07, 6.45) is 0.00961. The summed E-state index contributed by atoms with van der Waals surface area (Å²) in [5, 5.41) is 14.2. The lowest BCUT2D eigenvalue weighted by atomic mass is 10.0. The normalized spacial score (nSPS) is 11.1. The second-order valence-corrected chi connectivity index (χ2v) is 9.02. The van der Waals surface area contributed by atoms with Gasteiger partial charge in [0.05, 0.1) is 22.0 Å². The van der Waals surface area contributed by atoms with Gasteiger partial charge in [-0.1, -0.05) is 84.7 Å². The molecule has 34 heavy (non-hydrogen) atoms. The third-order valence-corrected chi connectivity index (χ3v) is 6.05. The molecule has 0 bridgehead atoms. The minimum Gasteiger partial charge on any atom is -0.489 e. The van der Waals surface area contributed by atoms with Crippen molar-refractivity contribution in [3.8, 4) is 28.1 Å². The summed E-state index contributed by atoms with van der Waals surface area (Å²) in [7, 11) is 0. The lowest BCUT2D eigenvalue weighted by molar-refractivity contribution is -0.136. The van der Waals surface area contributed by atoms with Crippen LogP contribution in [0.1, 0.15) is 36.7 Å². The maximum absolute atomic E-state index is 10.9. The first-order valence-corrected chi connectivity index (χ1v) is 11.6. The van der Waals surface area contributed by atoms with Gasteiger partial charge in [0.1, 0.15) is 23.8 Å². The van der Waals surface area contributed by atoms with E-state index in [4.69, 9.17) is 37.6 Å². The maximum Gasteiger partial charge on any atom is 0.307 e. The topological polar surface area (TPSA) is 72.6 Å². The summed E-state index contributed by atoms with van der Waals surface area (Å²) in [4.78, 5) is 10.9. The molecule has 7 heteroatoms. The molecule has 0 amide bonds. The lowest BCUT2D eigenvalue weighted by Gasteiger charge is -2.11. The monoisotopic (exact) mass is 495 g/mol. The van der Waals surface area contributed by atoms with Gasteiger partial charge < -0.3 is 14.4 Å². The molecule has 5 nitrogen and oxygen atoms in total. The molecule has 0 spiro atoms. The number of carboxylic acids is 1. The third kappa shape index (κ3) is 5.27. The molecule has 0 unspecified atom stereocenters. The van der Waals surface area contributed by atoms with Gasteiger partial charge in [0.15, 0.2) is 0 Å². The van der Waals surface area contributed by atoms with Gasteiger partial charge in [-0.25, -0.2) is 0 Å². The SMILES string of the molecule is CC(C)c1onc(-c2c(Cl)cccc2Cl)c1COc1ccc(-c2ccc(CC(=O)O)cc2)cc1. The summed E-state index contributed by atoms with van der Waals surface area (Å²) in [5.74, 6) is 0.678. The first-order chi connectivity index (χ1) is 16.3. The summed E-state index contributed by atoms with van der Waals surface area (Å²) >= 11 is 12.8. The van der Waals surface area contributed by atoms with E-state index >= 15 is 0 Å². The Morgan fingerprint density at radius 2 is 1.56 bits per heavy atom. The van der Waals surface area contributed by atoms with Crippen molar-refractivity contribution < 1.29 is 19.2 Å². The maximum atomic E-state index is 10.9. The summed E-state index contributed by atoms with van der Waals surface area (Å²) < 4.78 is 11.7. The van der Waals surface area contributed by atoms with E-state index in [2.05, 4.69) is 5.16 Å². The number of benzene rings is 3. The average molecular weight is 496 g/mol. The van der Waals surface area contributed by atoms with Crippen molar-refractivity contribution in [3.05, 3.63) is 93.7 Å². The minimum atomic E-state index is -0.845. The minimum absolute atomic E-state index is 0.00961. The van der Waals surface area contributed by atoms with Gasteiger partial charge in [0.2, 0.25) is 0 Å². The van der Waals surface area contributed by atoms with E-state index in [1.54, 1.807) is 18.2 Å². The molecule has 0 saturated heterocycles. The Bertz CT molecular complexity index is 1280. The quantitative estimate of drug-likeness (QED) is 0.271. The number of carboxylic acid groups (broad SMARTS) is 1. The fraction of sp³-hybridized carbons (Fsp3) is 0.185. The molecular weight excluding hydrogens is 473 g/mol. The Balaban J connectivity index is 1.54. The van der Waals surface area contributed by atoms with Crippen LogP contribution in [0.15, 0.2) is 71.3 Å². The second-order valence-electron chi connectivity index (χ2n) is 8.21. The van der Waals surface area contributed by atoms with Crippen LogP contribution in [0.5, 0.6) is 5.75 Å². The summed E-state index contributed by atoms with van der Waals surface area (Å²) in [5.41, 5.74) is 4.78. The molecule has 3 aromatic carbocycles. The standard InChI is InChI=1S/C27H23Cl2NO4/c1-16(2)27-21(26(30-34-27)25-22(28)4-3-5-23(25)29)15-33-20-12-10-19(11-13-20)18-8-6-17(7-9-18)14-24(31)32/h3-13,16H,14-15H2,1-2H3,(H,31,32). The molecule has 0 radical (unpaired) electrons. The highest BCUT2D eigenvalue weighted by atomic mass is 35.5. The highest BCUT2D eigenvalue weighted by Gasteiger charge is 2.23. The Labute approximate surface area is 207 Å². The van der Waals surface area contributed by atoms with Crippen molar-refractivity contribution in [2.45, 2.75) is 32.8 Å². The van der Waals surface area contributed by atoms with Crippen LogP contribution < -0.4 is 4.74 Å². The molecule has 0 fully saturated rings. The van der Waals surface area contributed by atoms with Crippen LogP contribution in [-0.2, 0) is 17.8 Å². The number of ether oxygens (including phenoxy) is 1. The number of aromatic nitrogens is 1. The van der Waals surface area contributed by atoms with Crippen LogP contribution in [0.2, 0.25) is 10.0 Å². The number of carbonyl (C=O) groups is 1. The first-order valence-electron chi connectivity index (χ1n) is 10.8. The largest absolute Gasteiger partial charge is 0.489 e. The predicted octanol–water partition coefficient (Wildman–Crippen LogP) is 7.64. The van der Waals surface area contributed by atoms with E-state index in [1.165, 1.54) is 0 Å². The zero-order valence-electron chi connectivity index (χ0n) is 18.7. The van der Waals surface area contributed by atoms with Crippen LogP contribution >= 0.6 is 23.2 Å². The molecular formula is C27H23Cl2NO4. The zero-order chi connectivity index (χ0) is 24.2. The molecule has 0 aliphatic heterocycles. The lowest BCUT2D eigenvalue weighted by Crippen LogP contribution is -2.01. The molecule has 174 valence electrons. The van der Waals surface area contributed by atoms with Crippen LogP contribution in [0.3, 0.4) is 0 Å². The summed E-state index contributed by atoms with van der Waals surface area (Å²) in [6.45, 7) is 4.30. The van der Waals surface area contributed by atoms with E-state index in [0.717, 1.165) is 28.0 Å². The van der Waals surface area contributed by atoms with Crippen molar-refractivity contribution >= 4 is 29.2 Å². The van der Waals surface area contributed by atoms with Gasteiger partial charge >= 0.3 is 5.97 Å². The predicted molar refractivity (Wildman–Crippen MR) is 134 cm³/mol. The Kier molecular flexibility index (Phi) is 7.25. The van der Waals surface area contributed by atoms with Crippen LogP contribution in [0, 0.1) is 0 Å². The van der Waals surface area contributed by atoms with Crippen molar-refractivity contribution in [1.82, 2.24) is 5.16 Å². The van der Waals surface area contributed by atoms with E-state index in [0.29, 0.717) is 27.1 Å². The van der Waals surface area contributed by atoms with Crippen molar-refractivity contribution in [2.75, 3.05) is 0 Å². The highest BCUT2D eigenvalue weighted by Crippen LogP contribution is 2.38. The van der Waals surface area contributed by atoms with E-state index < -0.39 is 5.97 Å². The molecule has 4 aromatic rings. The average Bonchev–Trinajstić information content (AvgIpc) is 3.22. The van der Waals surface area contributed by atoms with E-state index in [-0.39, 0.29) is 18.9 Å². The van der Waals surface area contributed by atoms with Gasteiger partial charge in [-0.3, -0.25) is 4.79 Å². The van der Waals surface area contributed by atoms with Crippen molar-refractivity contribution in [3.63, 3.8) is 0 Å². The molecule has 0 aliphatic rings. The molecule has 0 saturated carbocycles. The van der Waals surface area contributed by atoms with Crippen LogP contribution in [0.4, 0.5) is 0 Å². The number of hydrogen-bond acceptors (Lipinski definition) is 4. The molecule has 4 rings (SSSR count). The van der Waals surface area contributed by atoms with Crippen LogP contribution in [0.25, 0.3) is 22.4 Å². The van der Waals surface area contributed by atoms with Crippen molar-refractivity contribution in [1.29, 1.82) is 0 Å². The van der Waals surface area contributed by atoms with Gasteiger partial charge in [-0.15, -0.1) is 0 Å². The zero-order valence-corrected chi connectivity index (χ0v) is 20.2. The van der Waals surface area contributed by atoms with Crippen LogP contribution in [-0.4, -0.2) is 16.2 Å². The Morgan fingerprint density at radius 3 is 2.12 bits per heavy atom. The molecule has 1 aromatic heterocycles. The number of aliphatic carboxylic acids is 1. The van der Waals surface area contributed by atoms with Crippen molar-refractivity contribution in [2.24, 2.45) is 0 Å². The number of hydrogen-bond donors (Lipinski definition) is 1. The Morgan fingerprint density at radius 1 is 0.971 bits per heavy atom. The number of nitrogens with zero attached hydrogens (tertiary/aromatic N) is 1. The van der Waals surface area contributed by atoms with E-state index in [9.17, 15) is 4.79 Å². The fourth-order valence-corrected chi connectivity index (χ4v) is 4.30. The van der Waals surface area contributed by atoms with Gasteiger partial charge in [0.25, 0.3) is 0 Å². The van der Waals surface area contributed by atoms with Gasteiger partial charge in [0, 0.05) is 11.5 Å². The number of rotatable bonds is 8. The first kappa shape index (κ1) is 23.9. The molecule has 0 aliphatic carbocycles. The van der Waals surface area contributed by atoms with Gasteiger partial charge in [-0.05, 0) is 41.0 Å². The smallest absolute Gasteiger partial charge is 0.307 e. The second kappa shape index (κ2) is 10.3. The summed E-state index contributed by atoms with van der Waals surface area (Å²) in [6, 6.07) is 20.5. The molecule has 0 atom stereocenters. The highest BCUT2D eigenvalue weighted by molar-refractivity contribution is 6.39. The molecule has 1 heterocycles.